The molecule has 0 atom stereocenters. The van der Waals surface area contributed by atoms with Gasteiger partial charge in [-0.1, -0.05) is 115 Å². The summed E-state index contributed by atoms with van der Waals surface area (Å²) < 4.78 is 4.70. The summed E-state index contributed by atoms with van der Waals surface area (Å²) in [5.41, 5.74) is 16.2. The number of hydrogen-bond donors (Lipinski definition) is 0. The van der Waals surface area contributed by atoms with Crippen LogP contribution in [0.5, 0.6) is 0 Å². The molecule has 0 unspecified atom stereocenters. The van der Waals surface area contributed by atoms with E-state index in [-0.39, 0.29) is 0 Å². The van der Waals surface area contributed by atoms with Gasteiger partial charge in [0.1, 0.15) is 0 Å². The molecule has 0 amide bonds. The van der Waals surface area contributed by atoms with E-state index in [1.54, 1.807) is 0 Å². The van der Waals surface area contributed by atoms with E-state index in [1.807, 2.05) is 24.8 Å². The first kappa shape index (κ1) is 31.9. The van der Waals surface area contributed by atoms with Gasteiger partial charge >= 0.3 is 0 Å². The van der Waals surface area contributed by atoms with Gasteiger partial charge < -0.3 is 9.13 Å². The van der Waals surface area contributed by atoms with Crippen LogP contribution in [0, 0.1) is 0 Å². The highest BCUT2D eigenvalue weighted by Crippen LogP contribution is 2.38. The molecule has 0 aliphatic heterocycles. The predicted octanol–water partition coefficient (Wildman–Crippen LogP) is 13.3. The first-order chi connectivity index (χ1) is 27.8. The van der Waals surface area contributed by atoms with Gasteiger partial charge in [-0.05, 0) is 100 Å². The van der Waals surface area contributed by atoms with Gasteiger partial charge in [0.05, 0.1) is 22.1 Å². The largest absolute Gasteiger partial charge is 0.309 e. The standard InChI is InChI=1S/C52H34N4/c1-3-9-35(10-4-1)39-19-25-50-46(30-39)47-31-40(36-11-5-2-6-12-36)20-26-51(47)56(50)44-23-17-38(18-24-44)42-29-41(32-54-33-42)37-15-21-43(22-16-37)55-49-14-8-7-13-45(49)48-34-53-28-27-52(48)55/h1-34H. The van der Waals surface area contributed by atoms with Crippen LogP contribution in [0.1, 0.15) is 0 Å². The first-order valence-corrected chi connectivity index (χ1v) is 19.0. The average Bonchev–Trinajstić information content (AvgIpc) is 3.79. The highest BCUT2D eigenvalue weighted by molar-refractivity contribution is 6.12. The van der Waals surface area contributed by atoms with Crippen LogP contribution in [-0.4, -0.2) is 19.1 Å². The van der Waals surface area contributed by atoms with Crippen LogP contribution < -0.4 is 0 Å². The van der Waals surface area contributed by atoms with Gasteiger partial charge in [0.15, 0.2) is 0 Å². The lowest BCUT2D eigenvalue weighted by molar-refractivity contribution is 1.17. The van der Waals surface area contributed by atoms with E-state index >= 15 is 0 Å². The number of fused-ring (bicyclic) bond motifs is 6. The van der Waals surface area contributed by atoms with Crippen molar-refractivity contribution in [1.29, 1.82) is 0 Å². The molecule has 0 saturated heterocycles. The van der Waals surface area contributed by atoms with Crippen molar-refractivity contribution in [2.45, 2.75) is 0 Å². The Bertz CT molecular complexity index is 3060. The molecule has 4 heteroatoms. The zero-order chi connectivity index (χ0) is 37.0. The second-order valence-corrected chi connectivity index (χ2v) is 14.3. The number of benzene rings is 7. The zero-order valence-electron chi connectivity index (χ0n) is 30.4. The summed E-state index contributed by atoms with van der Waals surface area (Å²) in [7, 11) is 0. The van der Waals surface area contributed by atoms with Crippen molar-refractivity contribution in [3.05, 3.63) is 207 Å². The molecule has 0 fully saturated rings. The Labute approximate surface area is 324 Å². The van der Waals surface area contributed by atoms with Crippen LogP contribution in [0.4, 0.5) is 0 Å². The molecule has 0 N–H and O–H groups in total. The van der Waals surface area contributed by atoms with Gasteiger partial charge in [-0.15, -0.1) is 0 Å². The maximum atomic E-state index is 4.69. The summed E-state index contributed by atoms with van der Waals surface area (Å²) in [5.74, 6) is 0. The highest BCUT2D eigenvalue weighted by Gasteiger charge is 2.16. The summed E-state index contributed by atoms with van der Waals surface area (Å²) in [6.07, 6.45) is 7.72. The van der Waals surface area contributed by atoms with Crippen molar-refractivity contribution in [3.8, 4) is 55.9 Å². The van der Waals surface area contributed by atoms with Gasteiger partial charge in [0.25, 0.3) is 0 Å². The molecule has 11 rings (SSSR count). The molecule has 0 radical (unpaired) electrons. The van der Waals surface area contributed by atoms with Crippen molar-refractivity contribution in [1.82, 2.24) is 19.1 Å². The molecule has 4 aromatic heterocycles. The van der Waals surface area contributed by atoms with E-state index in [2.05, 4.69) is 196 Å². The minimum absolute atomic E-state index is 1.08. The van der Waals surface area contributed by atoms with Crippen LogP contribution in [-0.2, 0) is 0 Å². The molecule has 262 valence electrons. The lowest BCUT2D eigenvalue weighted by Gasteiger charge is -2.11. The molecular weight excluding hydrogens is 681 g/mol. The Morgan fingerprint density at radius 2 is 0.714 bits per heavy atom. The Morgan fingerprint density at radius 1 is 0.268 bits per heavy atom. The van der Waals surface area contributed by atoms with Crippen LogP contribution in [0.25, 0.3) is 99.5 Å². The van der Waals surface area contributed by atoms with Gasteiger partial charge in [-0.25, -0.2) is 0 Å². The van der Waals surface area contributed by atoms with E-state index in [0.717, 1.165) is 44.5 Å². The van der Waals surface area contributed by atoms with Crippen molar-refractivity contribution >= 4 is 43.6 Å². The molecule has 11 aromatic rings. The Hall–Kier alpha value is -7.56. The molecule has 0 aliphatic carbocycles. The minimum Gasteiger partial charge on any atom is -0.309 e. The predicted molar refractivity (Wildman–Crippen MR) is 232 cm³/mol. The quantitative estimate of drug-likeness (QED) is 0.172. The zero-order valence-corrected chi connectivity index (χ0v) is 30.4. The van der Waals surface area contributed by atoms with E-state index in [1.165, 1.54) is 55.0 Å². The van der Waals surface area contributed by atoms with Gasteiger partial charge in [-0.3, -0.25) is 9.97 Å². The van der Waals surface area contributed by atoms with Crippen LogP contribution in [0.2, 0.25) is 0 Å². The summed E-state index contributed by atoms with van der Waals surface area (Å²) in [6.45, 7) is 0. The molecule has 7 aromatic carbocycles. The number of rotatable bonds is 6. The SMILES string of the molecule is c1ccc(-c2ccc3c(c2)c2cc(-c4ccccc4)ccc2n3-c2ccc(-c3cncc(-c4ccc(-n5c6ccccc6c6cnccc65)cc4)c3)cc2)cc1. The lowest BCUT2D eigenvalue weighted by Crippen LogP contribution is -1.94. The van der Waals surface area contributed by atoms with Crippen LogP contribution in [0.15, 0.2) is 207 Å². The minimum atomic E-state index is 1.08. The second-order valence-electron chi connectivity index (χ2n) is 14.3. The molecule has 4 nitrogen and oxygen atoms in total. The monoisotopic (exact) mass is 714 g/mol. The first-order valence-electron chi connectivity index (χ1n) is 19.0. The van der Waals surface area contributed by atoms with Gasteiger partial charge in [-0.2, -0.15) is 0 Å². The fourth-order valence-corrected chi connectivity index (χ4v) is 8.38. The topological polar surface area (TPSA) is 35.6 Å². The molecular formula is C52H34N4. The third-order valence-electron chi connectivity index (χ3n) is 11.1. The molecule has 0 bridgehead atoms. The number of nitrogens with zero attached hydrogens (tertiary/aromatic N) is 4. The fraction of sp³-hybridized carbons (Fsp3) is 0. The van der Waals surface area contributed by atoms with Crippen LogP contribution >= 0.6 is 0 Å². The number of aromatic nitrogens is 4. The summed E-state index contributed by atoms with van der Waals surface area (Å²) in [5, 5.41) is 4.83. The normalized spacial score (nSPS) is 11.6. The van der Waals surface area contributed by atoms with E-state index < -0.39 is 0 Å². The van der Waals surface area contributed by atoms with Crippen molar-refractivity contribution in [2.75, 3.05) is 0 Å². The molecule has 56 heavy (non-hydrogen) atoms. The van der Waals surface area contributed by atoms with Gasteiger partial charge in [0, 0.05) is 68.8 Å². The third-order valence-corrected chi connectivity index (χ3v) is 11.1. The average molecular weight is 715 g/mol. The molecule has 0 saturated carbocycles. The number of pyridine rings is 2. The molecule has 0 aliphatic rings. The van der Waals surface area contributed by atoms with Crippen molar-refractivity contribution in [2.24, 2.45) is 0 Å². The Balaban J connectivity index is 0.951. The van der Waals surface area contributed by atoms with E-state index in [0.29, 0.717) is 0 Å². The summed E-state index contributed by atoms with van der Waals surface area (Å²) >= 11 is 0. The van der Waals surface area contributed by atoms with Crippen molar-refractivity contribution < 1.29 is 0 Å². The fourth-order valence-electron chi connectivity index (χ4n) is 8.38. The lowest BCUT2D eigenvalue weighted by atomic mass is 10.0. The molecule has 0 spiro atoms. The Kier molecular flexibility index (Phi) is 7.46. The number of hydrogen-bond acceptors (Lipinski definition) is 2. The van der Waals surface area contributed by atoms with Crippen molar-refractivity contribution in [3.63, 3.8) is 0 Å². The maximum absolute atomic E-state index is 4.69. The van der Waals surface area contributed by atoms with Crippen LogP contribution in [0.3, 0.4) is 0 Å². The summed E-state index contributed by atoms with van der Waals surface area (Å²) in [4.78, 5) is 9.10. The summed E-state index contributed by atoms with van der Waals surface area (Å²) in [6, 6.07) is 65.5. The maximum Gasteiger partial charge on any atom is 0.0571 e. The molecule has 4 heterocycles. The van der Waals surface area contributed by atoms with Gasteiger partial charge in [0.2, 0.25) is 0 Å². The Morgan fingerprint density at radius 3 is 1.27 bits per heavy atom. The third kappa shape index (κ3) is 5.31. The number of para-hydroxylation sites is 1. The highest BCUT2D eigenvalue weighted by atomic mass is 15.0. The van der Waals surface area contributed by atoms with E-state index in [4.69, 9.17) is 4.98 Å². The van der Waals surface area contributed by atoms with E-state index in [9.17, 15) is 0 Å². The smallest absolute Gasteiger partial charge is 0.0571 e. The second kappa shape index (κ2) is 13.1.